The maximum absolute atomic E-state index is 11.5. The van der Waals surface area contributed by atoms with Crippen LogP contribution >= 0.6 is 0 Å². The largest absolute Gasteiger partial charge is 0.462 e. The quantitative estimate of drug-likeness (QED) is 0.901. The van der Waals surface area contributed by atoms with Gasteiger partial charge in [-0.05, 0) is 31.5 Å². The minimum absolute atomic E-state index is 0.200. The SMILES string of the molecule is COCc1ccc(CN2CCCCC2C2CNC(=O)C2)o1. The summed E-state index contributed by atoms with van der Waals surface area (Å²) in [6, 6.07) is 4.52. The van der Waals surface area contributed by atoms with Crippen molar-refractivity contribution in [2.75, 3.05) is 20.2 Å². The van der Waals surface area contributed by atoms with E-state index in [9.17, 15) is 4.79 Å². The zero-order valence-electron chi connectivity index (χ0n) is 12.6. The standard InChI is InChI=1S/C16H24N2O3/c1-20-11-14-6-5-13(21-14)10-18-7-3-2-4-15(18)12-8-16(19)17-9-12/h5-6,12,15H,2-4,7-11H2,1H3,(H,17,19). The molecule has 5 heteroatoms. The van der Waals surface area contributed by atoms with Crippen LogP contribution in [0, 0.1) is 5.92 Å². The highest BCUT2D eigenvalue weighted by Gasteiger charge is 2.34. The van der Waals surface area contributed by atoms with Crippen molar-refractivity contribution in [2.24, 2.45) is 5.92 Å². The average molecular weight is 292 g/mol. The number of carbonyl (C=O) groups is 1. The molecular weight excluding hydrogens is 268 g/mol. The van der Waals surface area contributed by atoms with Gasteiger partial charge >= 0.3 is 0 Å². The zero-order valence-corrected chi connectivity index (χ0v) is 12.6. The normalized spacial score (nSPS) is 27.0. The third kappa shape index (κ3) is 3.47. The van der Waals surface area contributed by atoms with Gasteiger partial charge in [-0.15, -0.1) is 0 Å². The van der Waals surface area contributed by atoms with Crippen molar-refractivity contribution >= 4 is 5.91 Å². The molecule has 1 amide bonds. The fourth-order valence-electron chi connectivity index (χ4n) is 3.57. The van der Waals surface area contributed by atoms with E-state index in [1.807, 2.05) is 12.1 Å². The molecule has 3 heterocycles. The molecule has 2 aliphatic rings. The first kappa shape index (κ1) is 14.6. The predicted octanol–water partition coefficient (Wildman–Crippen LogP) is 1.92. The zero-order chi connectivity index (χ0) is 14.7. The molecule has 1 aromatic rings. The summed E-state index contributed by atoms with van der Waals surface area (Å²) in [6.07, 6.45) is 4.36. The second kappa shape index (κ2) is 6.62. The number of likely N-dealkylation sites (tertiary alicyclic amines) is 1. The van der Waals surface area contributed by atoms with E-state index in [0.29, 0.717) is 25.0 Å². The van der Waals surface area contributed by atoms with E-state index in [-0.39, 0.29) is 5.91 Å². The van der Waals surface area contributed by atoms with Gasteiger partial charge in [0.15, 0.2) is 0 Å². The summed E-state index contributed by atoms with van der Waals surface area (Å²) < 4.78 is 10.9. The summed E-state index contributed by atoms with van der Waals surface area (Å²) in [7, 11) is 1.67. The maximum Gasteiger partial charge on any atom is 0.220 e. The minimum atomic E-state index is 0.200. The third-order valence-electron chi connectivity index (χ3n) is 4.58. The highest BCUT2D eigenvalue weighted by atomic mass is 16.5. The van der Waals surface area contributed by atoms with Gasteiger partial charge in [0.2, 0.25) is 5.91 Å². The second-order valence-corrected chi connectivity index (χ2v) is 6.10. The maximum atomic E-state index is 11.5. The lowest BCUT2D eigenvalue weighted by Gasteiger charge is -2.38. The number of hydrogen-bond acceptors (Lipinski definition) is 4. The Morgan fingerprint density at radius 1 is 1.38 bits per heavy atom. The number of rotatable bonds is 5. The number of carbonyl (C=O) groups excluding carboxylic acids is 1. The first-order valence-electron chi connectivity index (χ1n) is 7.83. The van der Waals surface area contributed by atoms with E-state index in [2.05, 4.69) is 10.2 Å². The molecule has 5 nitrogen and oxygen atoms in total. The molecule has 0 aliphatic carbocycles. The molecule has 0 radical (unpaired) electrons. The van der Waals surface area contributed by atoms with Gasteiger partial charge < -0.3 is 14.5 Å². The number of hydrogen-bond donors (Lipinski definition) is 1. The molecule has 2 fully saturated rings. The van der Waals surface area contributed by atoms with Crippen LogP contribution in [0.5, 0.6) is 0 Å². The van der Waals surface area contributed by atoms with Crippen LogP contribution in [-0.2, 0) is 22.7 Å². The van der Waals surface area contributed by atoms with Gasteiger partial charge in [-0.3, -0.25) is 9.69 Å². The lowest BCUT2D eigenvalue weighted by molar-refractivity contribution is -0.119. The molecular formula is C16H24N2O3. The molecule has 0 spiro atoms. The summed E-state index contributed by atoms with van der Waals surface area (Å²) >= 11 is 0. The Morgan fingerprint density at radius 2 is 2.24 bits per heavy atom. The smallest absolute Gasteiger partial charge is 0.220 e. The number of amides is 1. The average Bonchev–Trinajstić information content (AvgIpc) is 3.09. The summed E-state index contributed by atoms with van der Waals surface area (Å²) in [4.78, 5) is 14.0. The van der Waals surface area contributed by atoms with Gasteiger partial charge in [0.05, 0.1) is 6.54 Å². The second-order valence-electron chi connectivity index (χ2n) is 6.10. The first-order chi connectivity index (χ1) is 10.3. The van der Waals surface area contributed by atoms with Crippen LogP contribution in [0.1, 0.15) is 37.2 Å². The van der Waals surface area contributed by atoms with E-state index < -0.39 is 0 Å². The molecule has 3 rings (SSSR count). The van der Waals surface area contributed by atoms with Crippen LogP contribution < -0.4 is 5.32 Å². The third-order valence-corrected chi connectivity index (χ3v) is 4.58. The minimum Gasteiger partial charge on any atom is -0.462 e. The molecule has 21 heavy (non-hydrogen) atoms. The molecule has 2 aliphatic heterocycles. The van der Waals surface area contributed by atoms with Crippen LogP contribution in [0.2, 0.25) is 0 Å². The molecule has 0 aromatic carbocycles. The van der Waals surface area contributed by atoms with Crippen molar-refractivity contribution in [1.29, 1.82) is 0 Å². The molecule has 1 N–H and O–H groups in total. The van der Waals surface area contributed by atoms with Gasteiger partial charge in [-0.2, -0.15) is 0 Å². The fraction of sp³-hybridized carbons (Fsp3) is 0.688. The summed E-state index contributed by atoms with van der Waals surface area (Å²) in [5.74, 6) is 2.52. The van der Waals surface area contributed by atoms with Gasteiger partial charge in [-0.25, -0.2) is 0 Å². The number of furan rings is 1. The Bertz CT molecular complexity index is 486. The van der Waals surface area contributed by atoms with E-state index >= 15 is 0 Å². The molecule has 116 valence electrons. The van der Waals surface area contributed by atoms with E-state index in [1.54, 1.807) is 7.11 Å². The van der Waals surface area contributed by atoms with Crippen LogP contribution in [-0.4, -0.2) is 37.0 Å². The Kier molecular flexibility index (Phi) is 4.60. The van der Waals surface area contributed by atoms with Crippen molar-refractivity contribution in [2.45, 2.75) is 44.9 Å². The van der Waals surface area contributed by atoms with Gasteiger partial charge in [0.1, 0.15) is 18.1 Å². The highest BCUT2D eigenvalue weighted by molar-refractivity contribution is 5.78. The fourth-order valence-corrected chi connectivity index (χ4v) is 3.57. The predicted molar refractivity (Wildman–Crippen MR) is 78.6 cm³/mol. The first-order valence-corrected chi connectivity index (χ1v) is 7.83. The topological polar surface area (TPSA) is 54.7 Å². The number of ether oxygens (including phenoxy) is 1. The highest BCUT2D eigenvalue weighted by Crippen LogP contribution is 2.29. The van der Waals surface area contributed by atoms with E-state index in [0.717, 1.165) is 31.2 Å². The van der Waals surface area contributed by atoms with Crippen molar-refractivity contribution in [1.82, 2.24) is 10.2 Å². The lowest BCUT2D eigenvalue weighted by Crippen LogP contribution is -2.44. The van der Waals surface area contributed by atoms with Crippen LogP contribution in [0.25, 0.3) is 0 Å². The van der Waals surface area contributed by atoms with E-state index in [4.69, 9.17) is 9.15 Å². The number of methoxy groups -OCH3 is 1. The van der Waals surface area contributed by atoms with Crippen LogP contribution in [0.4, 0.5) is 0 Å². The molecule has 0 saturated carbocycles. The Labute approximate surface area is 125 Å². The molecule has 1 aromatic heterocycles. The molecule has 2 unspecified atom stereocenters. The van der Waals surface area contributed by atoms with Crippen molar-refractivity contribution in [3.8, 4) is 0 Å². The Hall–Kier alpha value is -1.33. The van der Waals surface area contributed by atoms with Crippen molar-refractivity contribution in [3.63, 3.8) is 0 Å². The number of piperidine rings is 1. The monoisotopic (exact) mass is 292 g/mol. The van der Waals surface area contributed by atoms with Crippen LogP contribution in [0.15, 0.2) is 16.5 Å². The van der Waals surface area contributed by atoms with Gasteiger partial charge in [0, 0.05) is 32.0 Å². The number of nitrogens with zero attached hydrogens (tertiary/aromatic N) is 1. The number of nitrogens with one attached hydrogen (secondary N) is 1. The molecule has 2 atom stereocenters. The Morgan fingerprint density at radius 3 is 3.00 bits per heavy atom. The summed E-state index contributed by atoms with van der Waals surface area (Å²) in [5.41, 5.74) is 0. The van der Waals surface area contributed by atoms with Crippen molar-refractivity contribution < 1.29 is 13.9 Å². The van der Waals surface area contributed by atoms with Crippen LogP contribution in [0.3, 0.4) is 0 Å². The van der Waals surface area contributed by atoms with E-state index in [1.165, 1.54) is 19.3 Å². The summed E-state index contributed by atoms with van der Waals surface area (Å²) in [5, 5.41) is 2.97. The van der Waals surface area contributed by atoms with Gasteiger partial charge in [-0.1, -0.05) is 6.42 Å². The Balaban J connectivity index is 1.64. The molecule has 0 bridgehead atoms. The summed E-state index contributed by atoms with van der Waals surface area (Å²) in [6.45, 7) is 3.27. The van der Waals surface area contributed by atoms with Crippen molar-refractivity contribution in [3.05, 3.63) is 23.7 Å². The van der Waals surface area contributed by atoms with Gasteiger partial charge in [0.25, 0.3) is 0 Å². The lowest BCUT2D eigenvalue weighted by atomic mass is 9.89. The molecule has 2 saturated heterocycles.